The van der Waals surface area contributed by atoms with Crippen LogP contribution in [0.4, 0.5) is 0 Å². The van der Waals surface area contributed by atoms with E-state index in [0.717, 1.165) is 11.1 Å². The van der Waals surface area contributed by atoms with Crippen molar-refractivity contribution in [1.82, 2.24) is 9.55 Å². The molecule has 4 rings (SSSR count). The molecule has 2 heterocycles. The summed E-state index contributed by atoms with van der Waals surface area (Å²) < 4.78 is 19.8. The summed E-state index contributed by atoms with van der Waals surface area (Å²) in [4.78, 5) is 26.3. The fourth-order valence-electron chi connectivity index (χ4n) is 4.15. The molecule has 174 valence electrons. The molecule has 4 atom stereocenters. The van der Waals surface area contributed by atoms with Crippen molar-refractivity contribution in [3.8, 4) is 0 Å². The van der Waals surface area contributed by atoms with Gasteiger partial charge in [0.1, 0.15) is 12.3 Å². The van der Waals surface area contributed by atoms with Gasteiger partial charge < -0.3 is 19.3 Å². The molecule has 4 unspecified atom stereocenters. The molecular formula is C25H28N2O6. The first-order chi connectivity index (χ1) is 16.2. The Balaban J connectivity index is 1.55. The first-order valence-electron chi connectivity index (χ1n) is 11.0. The Labute approximate surface area is 191 Å². The second-order valence-electron chi connectivity index (χ2n) is 8.02. The highest BCUT2D eigenvalue weighted by Gasteiger charge is 2.46. The quantitative estimate of drug-likeness (QED) is 0.489. The summed E-state index contributed by atoms with van der Waals surface area (Å²) in [5, 5.41) is 9.73. The molecular weight excluding hydrogens is 424 g/mol. The van der Waals surface area contributed by atoms with Crippen molar-refractivity contribution in [2.75, 3.05) is 13.2 Å². The van der Waals surface area contributed by atoms with Gasteiger partial charge in [0, 0.05) is 24.8 Å². The number of ether oxygens (including phenoxy) is 3. The van der Waals surface area contributed by atoms with E-state index in [1.807, 2.05) is 60.7 Å². The number of aliphatic hydroxyl groups excluding tert-OH is 1. The third-order valence-electron chi connectivity index (χ3n) is 5.74. The van der Waals surface area contributed by atoms with E-state index in [1.54, 1.807) is 0 Å². The standard InChI is InChI=1S/C25H28N2O6/c28-14-12-20-23(32-16-19-9-5-2-6-10-19)21(17-31-15-18-7-3-1-4-8-18)33-24(20)27-13-11-22(29)26-25(27)30/h1-11,13,20-21,23-24,28H,12,14-17H2,(H,26,29,30). The average molecular weight is 453 g/mol. The van der Waals surface area contributed by atoms with Crippen LogP contribution < -0.4 is 11.2 Å². The fourth-order valence-corrected chi connectivity index (χ4v) is 4.15. The van der Waals surface area contributed by atoms with Crippen molar-refractivity contribution < 1.29 is 19.3 Å². The second kappa shape index (κ2) is 11.2. The molecule has 0 spiro atoms. The summed E-state index contributed by atoms with van der Waals surface area (Å²) >= 11 is 0. The maximum Gasteiger partial charge on any atom is 0.330 e. The molecule has 1 saturated heterocycles. The van der Waals surface area contributed by atoms with E-state index in [1.165, 1.54) is 16.8 Å². The molecule has 8 nitrogen and oxygen atoms in total. The monoisotopic (exact) mass is 452 g/mol. The van der Waals surface area contributed by atoms with Crippen molar-refractivity contribution in [3.63, 3.8) is 0 Å². The van der Waals surface area contributed by atoms with E-state index in [2.05, 4.69) is 4.98 Å². The molecule has 3 aromatic rings. The lowest BCUT2D eigenvalue weighted by Crippen LogP contribution is -2.36. The topological polar surface area (TPSA) is 103 Å². The zero-order valence-corrected chi connectivity index (χ0v) is 18.2. The van der Waals surface area contributed by atoms with Crippen LogP contribution in [0.3, 0.4) is 0 Å². The zero-order chi connectivity index (χ0) is 23.0. The van der Waals surface area contributed by atoms with Crippen LogP contribution in [-0.4, -0.2) is 40.1 Å². The number of nitrogens with zero attached hydrogens (tertiary/aromatic N) is 1. The average Bonchev–Trinajstić information content (AvgIpc) is 3.16. The van der Waals surface area contributed by atoms with E-state index in [0.29, 0.717) is 19.6 Å². The Kier molecular flexibility index (Phi) is 7.85. The van der Waals surface area contributed by atoms with Crippen molar-refractivity contribution in [3.05, 3.63) is 105 Å². The Morgan fingerprint density at radius 3 is 2.24 bits per heavy atom. The van der Waals surface area contributed by atoms with Crippen LogP contribution in [0.5, 0.6) is 0 Å². The Bertz CT molecular complexity index is 1110. The molecule has 2 aromatic carbocycles. The third-order valence-corrected chi connectivity index (χ3v) is 5.74. The minimum atomic E-state index is -0.701. The van der Waals surface area contributed by atoms with Crippen molar-refractivity contribution in [2.45, 2.75) is 38.1 Å². The number of rotatable bonds is 10. The number of nitrogens with one attached hydrogen (secondary N) is 1. The molecule has 0 bridgehead atoms. The molecule has 0 saturated carbocycles. The van der Waals surface area contributed by atoms with Gasteiger partial charge in [-0.05, 0) is 17.5 Å². The summed E-state index contributed by atoms with van der Waals surface area (Å²) in [7, 11) is 0. The lowest BCUT2D eigenvalue weighted by Gasteiger charge is -2.24. The summed E-state index contributed by atoms with van der Waals surface area (Å²) in [6, 6.07) is 20.9. The Morgan fingerprint density at radius 2 is 1.61 bits per heavy atom. The Morgan fingerprint density at radius 1 is 0.939 bits per heavy atom. The molecule has 1 fully saturated rings. The molecule has 8 heteroatoms. The van der Waals surface area contributed by atoms with Gasteiger partial charge in [-0.25, -0.2) is 4.79 Å². The maximum atomic E-state index is 12.5. The van der Waals surface area contributed by atoms with Gasteiger partial charge in [-0.3, -0.25) is 14.3 Å². The van der Waals surface area contributed by atoms with Gasteiger partial charge in [-0.1, -0.05) is 60.7 Å². The minimum absolute atomic E-state index is 0.0918. The van der Waals surface area contributed by atoms with Gasteiger partial charge in [0.15, 0.2) is 0 Å². The largest absolute Gasteiger partial charge is 0.396 e. The van der Waals surface area contributed by atoms with Gasteiger partial charge in [0.05, 0.1) is 25.9 Å². The van der Waals surface area contributed by atoms with E-state index >= 15 is 0 Å². The summed E-state index contributed by atoms with van der Waals surface area (Å²) in [6.07, 6.45) is 0.199. The Hall–Kier alpha value is -3.04. The minimum Gasteiger partial charge on any atom is -0.396 e. The highest BCUT2D eigenvalue weighted by Crippen LogP contribution is 2.38. The van der Waals surface area contributed by atoms with Crippen LogP contribution in [-0.2, 0) is 27.4 Å². The molecule has 0 aliphatic carbocycles. The molecule has 33 heavy (non-hydrogen) atoms. The van der Waals surface area contributed by atoms with Crippen LogP contribution in [0, 0.1) is 5.92 Å². The molecule has 1 aliphatic rings. The first kappa shape index (κ1) is 23.1. The molecule has 1 aliphatic heterocycles. The predicted octanol–water partition coefficient (Wildman–Crippen LogP) is 2.23. The lowest BCUT2D eigenvalue weighted by atomic mass is 9.96. The highest BCUT2D eigenvalue weighted by molar-refractivity contribution is 5.14. The van der Waals surface area contributed by atoms with E-state index in [4.69, 9.17) is 14.2 Å². The second-order valence-corrected chi connectivity index (χ2v) is 8.02. The van der Waals surface area contributed by atoms with E-state index in [-0.39, 0.29) is 19.1 Å². The third kappa shape index (κ3) is 5.85. The van der Waals surface area contributed by atoms with Gasteiger partial charge in [0.25, 0.3) is 5.56 Å². The van der Waals surface area contributed by atoms with Crippen molar-refractivity contribution in [1.29, 1.82) is 0 Å². The zero-order valence-electron chi connectivity index (χ0n) is 18.2. The first-order valence-corrected chi connectivity index (χ1v) is 11.0. The summed E-state index contributed by atoms with van der Waals surface area (Å²) in [5.41, 5.74) is 1.00. The number of hydrogen-bond acceptors (Lipinski definition) is 6. The lowest BCUT2D eigenvalue weighted by molar-refractivity contribution is -0.0832. The number of hydrogen-bond donors (Lipinski definition) is 2. The van der Waals surface area contributed by atoms with Gasteiger partial charge >= 0.3 is 5.69 Å². The van der Waals surface area contributed by atoms with Crippen molar-refractivity contribution >= 4 is 0 Å². The fraction of sp³-hybridized carbons (Fsp3) is 0.360. The van der Waals surface area contributed by atoms with Crippen LogP contribution in [0.2, 0.25) is 0 Å². The summed E-state index contributed by atoms with van der Waals surface area (Å²) in [5.74, 6) is -0.312. The van der Waals surface area contributed by atoms with E-state index < -0.39 is 29.7 Å². The number of aromatic amines is 1. The van der Waals surface area contributed by atoms with Crippen molar-refractivity contribution in [2.24, 2.45) is 5.92 Å². The normalized spacial score (nSPS) is 22.5. The van der Waals surface area contributed by atoms with Gasteiger partial charge in [-0.2, -0.15) is 0 Å². The smallest absolute Gasteiger partial charge is 0.330 e. The number of aromatic nitrogens is 2. The van der Waals surface area contributed by atoms with Crippen LogP contribution in [0.15, 0.2) is 82.5 Å². The van der Waals surface area contributed by atoms with Crippen LogP contribution in [0.25, 0.3) is 0 Å². The summed E-state index contributed by atoms with van der Waals surface area (Å²) in [6.45, 7) is 0.940. The predicted molar refractivity (Wildman–Crippen MR) is 122 cm³/mol. The van der Waals surface area contributed by atoms with E-state index in [9.17, 15) is 14.7 Å². The molecule has 1 aromatic heterocycles. The maximum absolute atomic E-state index is 12.5. The van der Waals surface area contributed by atoms with Crippen LogP contribution in [0.1, 0.15) is 23.8 Å². The molecule has 0 amide bonds. The van der Waals surface area contributed by atoms with Gasteiger partial charge in [0.2, 0.25) is 0 Å². The molecule has 0 radical (unpaired) electrons. The SMILES string of the molecule is O=c1ccn(C2OC(COCc3ccccc3)C(OCc3ccccc3)C2CCO)c(=O)[nH]1. The molecule has 2 N–H and O–H groups in total. The van der Waals surface area contributed by atoms with Gasteiger partial charge in [-0.15, -0.1) is 0 Å². The number of aliphatic hydroxyl groups is 1. The number of benzene rings is 2. The van der Waals surface area contributed by atoms with Crippen LogP contribution >= 0.6 is 0 Å². The number of H-pyrrole nitrogens is 1. The highest BCUT2D eigenvalue weighted by atomic mass is 16.6.